The highest BCUT2D eigenvalue weighted by Crippen LogP contribution is 2.27. The third kappa shape index (κ3) is 3.50. The Hall–Kier alpha value is -2.61. The fraction of sp³-hybridized carbons (Fsp3) is 0.389. The van der Waals surface area contributed by atoms with E-state index in [2.05, 4.69) is 43.0 Å². The molecule has 0 saturated carbocycles. The van der Waals surface area contributed by atoms with Crippen molar-refractivity contribution >= 4 is 23.1 Å². The van der Waals surface area contributed by atoms with Crippen molar-refractivity contribution in [1.29, 1.82) is 0 Å². The van der Waals surface area contributed by atoms with Crippen molar-refractivity contribution in [2.24, 2.45) is 0 Å². The first-order chi connectivity index (χ1) is 12.7. The average Bonchev–Trinajstić information content (AvgIpc) is 3.43. The Labute approximate surface area is 156 Å². The molecule has 136 valence electrons. The van der Waals surface area contributed by atoms with Crippen molar-refractivity contribution in [2.45, 2.75) is 31.8 Å². The summed E-state index contributed by atoms with van der Waals surface area (Å²) >= 11 is 1.70. The van der Waals surface area contributed by atoms with Crippen molar-refractivity contribution in [1.82, 2.24) is 25.3 Å². The first kappa shape index (κ1) is 16.8. The molecule has 1 aliphatic heterocycles. The lowest BCUT2D eigenvalue weighted by molar-refractivity contribution is -0.125. The molecule has 0 bridgehead atoms. The molecule has 0 aliphatic carbocycles. The maximum Gasteiger partial charge on any atom is 0.244 e. The summed E-state index contributed by atoms with van der Waals surface area (Å²) in [5.74, 6) is 0.995. The molecule has 0 aromatic carbocycles. The largest absolute Gasteiger partial charge is 0.355 e. The summed E-state index contributed by atoms with van der Waals surface area (Å²) in [6.07, 6.45) is 5.34. The number of carbonyl (C=O) groups excluding carboxylic acids is 1. The number of rotatable bonds is 5. The number of thiophene rings is 1. The van der Waals surface area contributed by atoms with E-state index >= 15 is 0 Å². The zero-order valence-electron chi connectivity index (χ0n) is 14.6. The van der Waals surface area contributed by atoms with E-state index in [1.54, 1.807) is 22.2 Å². The van der Waals surface area contributed by atoms with Gasteiger partial charge < -0.3 is 10.2 Å². The third-order valence-corrected chi connectivity index (χ3v) is 5.72. The van der Waals surface area contributed by atoms with E-state index in [0.717, 1.165) is 37.4 Å². The Balaban J connectivity index is 1.31. The second-order valence-corrected chi connectivity index (χ2v) is 7.50. The topological polar surface area (TPSA) is 78.8 Å². The summed E-state index contributed by atoms with van der Waals surface area (Å²) < 4.78 is 1.68. The van der Waals surface area contributed by atoms with Gasteiger partial charge in [-0.1, -0.05) is 6.07 Å². The van der Waals surface area contributed by atoms with Crippen LogP contribution >= 0.6 is 11.3 Å². The first-order valence-corrected chi connectivity index (χ1v) is 9.72. The number of carbonyl (C=O) groups is 1. The monoisotopic (exact) mass is 370 g/mol. The smallest absolute Gasteiger partial charge is 0.244 e. The fourth-order valence-electron chi connectivity index (χ4n) is 3.24. The Kier molecular flexibility index (Phi) is 4.75. The molecule has 7 nitrogen and oxygen atoms in total. The van der Waals surface area contributed by atoms with Gasteiger partial charge in [0.15, 0.2) is 5.82 Å². The van der Waals surface area contributed by atoms with E-state index < -0.39 is 0 Å². The van der Waals surface area contributed by atoms with Crippen LogP contribution in [0, 0.1) is 0 Å². The second-order valence-electron chi connectivity index (χ2n) is 6.55. The SMILES string of the molecule is C[C@@H](C(=O)NC1CCN(c2cc(-c3cccs3)[nH]n2)CC1)n1cccn1. The summed E-state index contributed by atoms with van der Waals surface area (Å²) in [6.45, 7) is 3.64. The molecule has 4 rings (SSSR count). The maximum absolute atomic E-state index is 12.4. The third-order valence-electron chi connectivity index (χ3n) is 4.82. The first-order valence-electron chi connectivity index (χ1n) is 8.84. The molecule has 1 atom stereocenters. The van der Waals surface area contributed by atoms with Crippen LogP contribution in [0.5, 0.6) is 0 Å². The number of H-pyrrole nitrogens is 1. The van der Waals surface area contributed by atoms with Crippen LogP contribution in [0.1, 0.15) is 25.8 Å². The van der Waals surface area contributed by atoms with Crippen LogP contribution in [0.25, 0.3) is 10.6 Å². The van der Waals surface area contributed by atoms with Crippen LogP contribution in [-0.2, 0) is 4.79 Å². The minimum Gasteiger partial charge on any atom is -0.355 e. The van der Waals surface area contributed by atoms with E-state index in [1.807, 2.05) is 25.3 Å². The van der Waals surface area contributed by atoms with Crippen LogP contribution in [0.2, 0.25) is 0 Å². The van der Waals surface area contributed by atoms with Gasteiger partial charge in [0.05, 0.1) is 10.6 Å². The van der Waals surface area contributed by atoms with Gasteiger partial charge in [-0.3, -0.25) is 14.6 Å². The number of nitrogens with zero attached hydrogens (tertiary/aromatic N) is 4. The summed E-state index contributed by atoms with van der Waals surface area (Å²) in [5, 5.41) is 16.9. The molecular weight excluding hydrogens is 348 g/mol. The number of aromatic amines is 1. The fourth-order valence-corrected chi connectivity index (χ4v) is 3.93. The normalized spacial score (nSPS) is 16.6. The van der Waals surface area contributed by atoms with Crippen molar-refractivity contribution < 1.29 is 4.79 Å². The van der Waals surface area contributed by atoms with Gasteiger partial charge in [0.1, 0.15) is 6.04 Å². The minimum absolute atomic E-state index is 0.0203. The van der Waals surface area contributed by atoms with Gasteiger partial charge >= 0.3 is 0 Å². The number of piperidine rings is 1. The summed E-state index contributed by atoms with van der Waals surface area (Å²) in [4.78, 5) is 15.9. The molecule has 3 aromatic heterocycles. The highest BCUT2D eigenvalue weighted by Gasteiger charge is 2.24. The molecule has 1 amide bonds. The molecule has 3 aromatic rings. The van der Waals surface area contributed by atoms with Gasteiger partial charge in [-0.25, -0.2) is 0 Å². The lowest BCUT2D eigenvalue weighted by atomic mass is 10.0. The summed E-state index contributed by atoms with van der Waals surface area (Å²) in [7, 11) is 0. The van der Waals surface area contributed by atoms with Crippen molar-refractivity contribution in [2.75, 3.05) is 18.0 Å². The molecule has 8 heteroatoms. The minimum atomic E-state index is -0.289. The van der Waals surface area contributed by atoms with Crippen LogP contribution < -0.4 is 10.2 Å². The van der Waals surface area contributed by atoms with Gasteiger partial charge in [0.25, 0.3) is 0 Å². The Bertz CT molecular complexity index is 833. The predicted octanol–water partition coefficient (Wildman–Crippen LogP) is 2.68. The summed E-state index contributed by atoms with van der Waals surface area (Å²) in [6, 6.07) is 7.97. The molecule has 1 aliphatic rings. The molecule has 0 radical (unpaired) electrons. The van der Waals surface area contributed by atoms with E-state index in [0.29, 0.717) is 0 Å². The number of aromatic nitrogens is 4. The molecule has 26 heavy (non-hydrogen) atoms. The van der Waals surface area contributed by atoms with Gasteiger partial charge in [-0.2, -0.15) is 10.2 Å². The average molecular weight is 370 g/mol. The molecule has 1 fully saturated rings. The summed E-state index contributed by atoms with van der Waals surface area (Å²) in [5.41, 5.74) is 1.05. The molecule has 0 unspecified atom stereocenters. The lowest BCUT2D eigenvalue weighted by Crippen LogP contribution is -2.46. The molecule has 1 saturated heterocycles. The van der Waals surface area contributed by atoms with E-state index in [4.69, 9.17) is 0 Å². The number of anilines is 1. The van der Waals surface area contributed by atoms with Crippen molar-refractivity contribution in [3.63, 3.8) is 0 Å². The molecule has 4 heterocycles. The van der Waals surface area contributed by atoms with Crippen molar-refractivity contribution in [3.8, 4) is 10.6 Å². The van der Waals surface area contributed by atoms with Gasteiger partial charge in [-0.15, -0.1) is 11.3 Å². The van der Waals surface area contributed by atoms with E-state index in [9.17, 15) is 4.79 Å². The Morgan fingerprint density at radius 1 is 1.38 bits per heavy atom. The highest BCUT2D eigenvalue weighted by atomic mass is 32.1. The second kappa shape index (κ2) is 7.33. The quantitative estimate of drug-likeness (QED) is 0.724. The molecular formula is C18H22N6OS. The zero-order valence-corrected chi connectivity index (χ0v) is 15.4. The maximum atomic E-state index is 12.4. The molecule has 2 N–H and O–H groups in total. The van der Waals surface area contributed by atoms with Crippen molar-refractivity contribution in [3.05, 3.63) is 42.0 Å². The molecule has 0 spiro atoms. The van der Waals surface area contributed by atoms with E-state index in [-0.39, 0.29) is 18.0 Å². The van der Waals surface area contributed by atoms with Crippen LogP contribution in [0.3, 0.4) is 0 Å². The van der Waals surface area contributed by atoms with Crippen LogP contribution in [-0.4, -0.2) is 45.0 Å². The number of hydrogen-bond acceptors (Lipinski definition) is 5. The Morgan fingerprint density at radius 3 is 2.92 bits per heavy atom. The lowest BCUT2D eigenvalue weighted by Gasteiger charge is -2.32. The van der Waals surface area contributed by atoms with Crippen LogP contribution in [0.4, 0.5) is 5.82 Å². The highest BCUT2D eigenvalue weighted by molar-refractivity contribution is 7.13. The number of nitrogens with one attached hydrogen (secondary N) is 2. The number of amides is 1. The van der Waals surface area contributed by atoms with E-state index in [1.165, 1.54) is 4.88 Å². The van der Waals surface area contributed by atoms with Gasteiger partial charge in [0.2, 0.25) is 5.91 Å². The van der Waals surface area contributed by atoms with Gasteiger partial charge in [0, 0.05) is 37.6 Å². The van der Waals surface area contributed by atoms with Gasteiger partial charge in [-0.05, 0) is 37.3 Å². The number of hydrogen-bond donors (Lipinski definition) is 2. The van der Waals surface area contributed by atoms with Crippen LogP contribution in [0.15, 0.2) is 42.0 Å². The zero-order chi connectivity index (χ0) is 17.9. The predicted molar refractivity (Wildman–Crippen MR) is 102 cm³/mol. The standard InChI is InChI=1S/C18H22N6OS/c1-13(24-8-3-7-19-24)18(25)20-14-5-9-23(10-6-14)17-12-15(21-22-17)16-4-2-11-26-16/h2-4,7-8,11-14H,5-6,9-10H2,1H3,(H,20,25)(H,21,22)/t13-/m0/s1. The Morgan fingerprint density at radius 2 is 2.23 bits per heavy atom.